The molecule has 2 nitrogen and oxygen atoms in total. The van der Waals surface area contributed by atoms with E-state index >= 15 is 0 Å². The van der Waals surface area contributed by atoms with Gasteiger partial charge in [0.05, 0.1) is 0 Å². The van der Waals surface area contributed by atoms with E-state index in [2.05, 4.69) is 17.3 Å². The largest absolute Gasteiger partial charge is 0.303 e. The molecule has 0 aromatic heterocycles. The minimum Gasteiger partial charge on any atom is -0.303 e. The molecule has 0 spiro atoms. The van der Waals surface area contributed by atoms with Gasteiger partial charge in [-0.1, -0.05) is 17.7 Å². The van der Waals surface area contributed by atoms with Gasteiger partial charge >= 0.3 is 0 Å². The lowest BCUT2D eigenvalue weighted by molar-refractivity contribution is 0.440. The van der Waals surface area contributed by atoms with Gasteiger partial charge in [0.1, 0.15) is 0 Å². The highest BCUT2D eigenvalue weighted by Crippen LogP contribution is 2.17. The van der Waals surface area contributed by atoms with E-state index in [0.29, 0.717) is 0 Å². The van der Waals surface area contributed by atoms with Crippen molar-refractivity contribution in [3.63, 3.8) is 0 Å². The summed E-state index contributed by atoms with van der Waals surface area (Å²) < 4.78 is 0. The molecular formula is C11H18N2. The van der Waals surface area contributed by atoms with Gasteiger partial charge in [0, 0.05) is 20.3 Å². The van der Waals surface area contributed by atoms with Gasteiger partial charge in [-0.25, -0.2) is 0 Å². The predicted octanol–water partition coefficient (Wildman–Crippen LogP) is 2.59. The average molecular weight is 178 g/mol. The molecule has 0 saturated carbocycles. The molecule has 0 atom stereocenters. The van der Waals surface area contributed by atoms with Crippen LogP contribution in [0.5, 0.6) is 0 Å². The van der Waals surface area contributed by atoms with E-state index < -0.39 is 0 Å². The summed E-state index contributed by atoms with van der Waals surface area (Å²) in [7, 11) is 3.84. The zero-order chi connectivity index (χ0) is 9.52. The molecule has 0 aromatic carbocycles. The Hall–Kier alpha value is -1.05. The van der Waals surface area contributed by atoms with Gasteiger partial charge < -0.3 is 5.01 Å². The third kappa shape index (κ3) is 4.51. The van der Waals surface area contributed by atoms with Crippen molar-refractivity contribution in [2.75, 3.05) is 14.1 Å². The lowest BCUT2D eigenvalue weighted by atomic mass is 9.99. The smallest absolute Gasteiger partial charge is 0.0470 e. The lowest BCUT2D eigenvalue weighted by Crippen LogP contribution is -2.00. The maximum absolute atomic E-state index is 4.10. The van der Waals surface area contributed by atoms with Crippen LogP contribution in [0.2, 0.25) is 0 Å². The van der Waals surface area contributed by atoms with E-state index in [9.17, 15) is 0 Å². The summed E-state index contributed by atoms with van der Waals surface area (Å²) in [6.45, 7) is 0. The zero-order valence-electron chi connectivity index (χ0n) is 8.53. The molecule has 0 radical (unpaired) electrons. The van der Waals surface area contributed by atoms with Crippen LogP contribution in [0.4, 0.5) is 0 Å². The third-order valence-corrected chi connectivity index (χ3v) is 2.02. The number of nitrogens with zero attached hydrogens (tertiary/aromatic N) is 2. The first kappa shape index (κ1) is 10.0. The summed E-state index contributed by atoms with van der Waals surface area (Å²) in [5, 5.41) is 5.89. The molecule has 0 unspecified atom stereocenters. The van der Waals surface area contributed by atoms with Gasteiger partial charge in [-0.15, -0.1) is 0 Å². The Morgan fingerprint density at radius 1 is 1.38 bits per heavy atom. The van der Waals surface area contributed by atoms with Crippen LogP contribution in [0.25, 0.3) is 0 Å². The summed E-state index contributed by atoms with van der Waals surface area (Å²) >= 11 is 0. The van der Waals surface area contributed by atoms with E-state index in [1.165, 1.54) is 31.3 Å². The van der Waals surface area contributed by atoms with Crippen molar-refractivity contribution in [2.45, 2.75) is 25.7 Å². The van der Waals surface area contributed by atoms with Gasteiger partial charge in [0.25, 0.3) is 0 Å². The van der Waals surface area contributed by atoms with Crippen LogP contribution in [0.1, 0.15) is 25.7 Å². The van der Waals surface area contributed by atoms with Gasteiger partial charge in [-0.05, 0) is 31.8 Å². The van der Waals surface area contributed by atoms with Crippen LogP contribution in [-0.2, 0) is 0 Å². The van der Waals surface area contributed by atoms with E-state index in [-0.39, 0.29) is 0 Å². The number of rotatable bonds is 3. The van der Waals surface area contributed by atoms with Gasteiger partial charge in [0.15, 0.2) is 0 Å². The minimum absolute atomic E-state index is 1.23. The molecule has 0 aliphatic heterocycles. The van der Waals surface area contributed by atoms with E-state index in [1.807, 2.05) is 26.4 Å². The Kier molecular flexibility index (Phi) is 4.30. The molecule has 1 rings (SSSR count). The fourth-order valence-corrected chi connectivity index (χ4v) is 1.35. The highest BCUT2D eigenvalue weighted by Gasteiger charge is 1.98. The molecule has 0 heterocycles. The Morgan fingerprint density at radius 2 is 2.23 bits per heavy atom. The van der Waals surface area contributed by atoms with Gasteiger partial charge in [-0.3, -0.25) is 0 Å². The van der Waals surface area contributed by atoms with Crippen LogP contribution < -0.4 is 0 Å². The van der Waals surface area contributed by atoms with E-state index in [1.54, 1.807) is 5.01 Å². The molecule has 0 amide bonds. The summed E-state index contributed by atoms with van der Waals surface area (Å²) in [6, 6.07) is 0. The number of hydrogen-bond acceptors (Lipinski definition) is 2. The highest BCUT2D eigenvalue weighted by molar-refractivity contribution is 5.71. The van der Waals surface area contributed by atoms with Crippen molar-refractivity contribution in [2.24, 2.45) is 5.10 Å². The Labute approximate surface area is 80.6 Å². The quantitative estimate of drug-likeness (QED) is 0.479. The molecule has 2 heteroatoms. The SMILES string of the molecule is CN(C)/N=C/C=C/C1=CCCCC1. The highest BCUT2D eigenvalue weighted by atomic mass is 15.4. The molecule has 0 aromatic rings. The average Bonchev–Trinajstić information content (AvgIpc) is 2.14. The molecule has 0 fully saturated rings. The fraction of sp³-hybridized carbons (Fsp3) is 0.545. The second-order valence-electron chi connectivity index (χ2n) is 3.50. The summed E-state index contributed by atoms with van der Waals surface area (Å²) in [4.78, 5) is 0. The van der Waals surface area contributed by atoms with E-state index in [0.717, 1.165) is 0 Å². The number of hydrogen-bond donors (Lipinski definition) is 0. The summed E-state index contributed by atoms with van der Waals surface area (Å²) in [5.41, 5.74) is 1.46. The molecule has 1 aliphatic rings. The minimum atomic E-state index is 1.23. The van der Waals surface area contributed by atoms with Crippen LogP contribution in [-0.4, -0.2) is 25.3 Å². The Bertz CT molecular complexity index is 224. The molecule has 13 heavy (non-hydrogen) atoms. The number of hydrazone groups is 1. The van der Waals surface area contributed by atoms with Gasteiger partial charge in [0.2, 0.25) is 0 Å². The molecule has 72 valence electrons. The van der Waals surface area contributed by atoms with Crippen molar-refractivity contribution < 1.29 is 0 Å². The monoisotopic (exact) mass is 178 g/mol. The number of allylic oxidation sites excluding steroid dienone is 4. The molecule has 1 aliphatic carbocycles. The fourth-order valence-electron chi connectivity index (χ4n) is 1.35. The zero-order valence-corrected chi connectivity index (χ0v) is 8.53. The van der Waals surface area contributed by atoms with Crippen molar-refractivity contribution in [3.05, 3.63) is 23.8 Å². The van der Waals surface area contributed by atoms with Crippen LogP contribution in [0.3, 0.4) is 0 Å². The van der Waals surface area contributed by atoms with Crippen molar-refractivity contribution in [3.8, 4) is 0 Å². The first-order valence-electron chi connectivity index (χ1n) is 4.86. The second kappa shape index (κ2) is 5.57. The molecular weight excluding hydrogens is 160 g/mol. The lowest BCUT2D eigenvalue weighted by Gasteiger charge is -2.07. The topological polar surface area (TPSA) is 15.6 Å². The summed E-state index contributed by atoms with van der Waals surface area (Å²) in [5.74, 6) is 0. The maximum Gasteiger partial charge on any atom is 0.0470 e. The summed E-state index contributed by atoms with van der Waals surface area (Å²) in [6.07, 6.45) is 13.5. The predicted molar refractivity (Wildman–Crippen MR) is 57.9 cm³/mol. The van der Waals surface area contributed by atoms with Crippen LogP contribution in [0.15, 0.2) is 28.9 Å². The Balaban J connectivity index is 2.34. The normalized spacial score (nSPS) is 18.2. The molecule has 0 N–H and O–H groups in total. The van der Waals surface area contributed by atoms with E-state index in [4.69, 9.17) is 0 Å². The first-order valence-corrected chi connectivity index (χ1v) is 4.86. The molecule has 0 bridgehead atoms. The Morgan fingerprint density at radius 3 is 2.85 bits per heavy atom. The maximum atomic E-state index is 4.10. The standard InChI is InChI=1S/C11H18N2/c1-13(2)12-10-6-9-11-7-4-3-5-8-11/h6-7,9-10H,3-5,8H2,1-2H3/b9-6+,12-10+. The third-order valence-electron chi connectivity index (χ3n) is 2.02. The van der Waals surface area contributed by atoms with Gasteiger partial charge in [-0.2, -0.15) is 5.10 Å². The first-order chi connectivity index (χ1) is 6.29. The van der Waals surface area contributed by atoms with Crippen molar-refractivity contribution >= 4 is 6.21 Å². The van der Waals surface area contributed by atoms with Crippen molar-refractivity contribution in [1.29, 1.82) is 0 Å². The van der Waals surface area contributed by atoms with Crippen LogP contribution >= 0.6 is 0 Å². The van der Waals surface area contributed by atoms with Crippen LogP contribution in [0, 0.1) is 0 Å². The molecule has 0 saturated heterocycles. The van der Waals surface area contributed by atoms with Crippen molar-refractivity contribution in [1.82, 2.24) is 5.01 Å². The second-order valence-corrected chi connectivity index (χ2v) is 3.50.